The average molecular weight is 383 g/mol. The summed E-state index contributed by atoms with van der Waals surface area (Å²) in [7, 11) is 1.51. The fraction of sp³-hybridized carbons (Fsp3) is 0.333. The molecule has 1 fully saturated rings. The van der Waals surface area contributed by atoms with Crippen LogP contribution in [0.5, 0.6) is 5.75 Å². The number of nitrogens with zero attached hydrogens (tertiary/aromatic N) is 1. The third kappa shape index (κ3) is 5.31. The topological polar surface area (TPSA) is 79.9 Å². The SMILES string of the molecule is COc1ccccc1NC(=O)C(=O)NCCN1CCO[C@@H](c2ccccc2)C1. The summed E-state index contributed by atoms with van der Waals surface area (Å²) in [5, 5.41) is 5.24. The smallest absolute Gasteiger partial charge is 0.313 e. The molecule has 1 aliphatic rings. The summed E-state index contributed by atoms with van der Waals surface area (Å²) in [4.78, 5) is 26.4. The van der Waals surface area contributed by atoms with Gasteiger partial charge in [-0.3, -0.25) is 14.5 Å². The van der Waals surface area contributed by atoms with Gasteiger partial charge in [-0.15, -0.1) is 0 Å². The maximum atomic E-state index is 12.1. The van der Waals surface area contributed by atoms with Crippen molar-refractivity contribution in [2.45, 2.75) is 6.10 Å². The lowest BCUT2D eigenvalue weighted by molar-refractivity contribution is -0.136. The second-order valence-electron chi connectivity index (χ2n) is 6.48. The van der Waals surface area contributed by atoms with E-state index in [9.17, 15) is 9.59 Å². The van der Waals surface area contributed by atoms with Gasteiger partial charge in [0.15, 0.2) is 0 Å². The first kappa shape index (κ1) is 19.9. The van der Waals surface area contributed by atoms with Crippen molar-refractivity contribution >= 4 is 17.5 Å². The molecule has 2 amide bonds. The average Bonchev–Trinajstić information content (AvgIpc) is 2.75. The first-order chi connectivity index (χ1) is 13.7. The predicted molar refractivity (Wildman–Crippen MR) is 106 cm³/mol. The summed E-state index contributed by atoms with van der Waals surface area (Å²) in [5.74, 6) is -0.878. The van der Waals surface area contributed by atoms with Gasteiger partial charge >= 0.3 is 11.8 Å². The number of ether oxygens (including phenoxy) is 2. The van der Waals surface area contributed by atoms with Gasteiger partial charge in [-0.05, 0) is 17.7 Å². The van der Waals surface area contributed by atoms with E-state index in [2.05, 4.69) is 27.7 Å². The van der Waals surface area contributed by atoms with Crippen molar-refractivity contribution < 1.29 is 19.1 Å². The van der Waals surface area contributed by atoms with Gasteiger partial charge in [-0.2, -0.15) is 0 Å². The van der Waals surface area contributed by atoms with E-state index in [1.165, 1.54) is 7.11 Å². The molecule has 0 bridgehead atoms. The van der Waals surface area contributed by atoms with Crippen LogP contribution in [0.1, 0.15) is 11.7 Å². The van der Waals surface area contributed by atoms with Crippen molar-refractivity contribution in [3.63, 3.8) is 0 Å². The first-order valence-corrected chi connectivity index (χ1v) is 9.28. The lowest BCUT2D eigenvalue weighted by Crippen LogP contribution is -2.44. The molecule has 2 N–H and O–H groups in total. The number of carbonyl (C=O) groups is 2. The summed E-state index contributed by atoms with van der Waals surface area (Å²) in [6.07, 6.45) is 0.0273. The highest BCUT2D eigenvalue weighted by Gasteiger charge is 2.22. The van der Waals surface area contributed by atoms with E-state index in [0.717, 1.165) is 18.7 Å². The van der Waals surface area contributed by atoms with E-state index in [4.69, 9.17) is 9.47 Å². The van der Waals surface area contributed by atoms with Crippen LogP contribution in [-0.4, -0.2) is 56.6 Å². The molecule has 7 nitrogen and oxygen atoms in total. The normalized spacial score (nSPS) is 17.0. The van der Waals surface area contributed by atoms with Gasteiger partial charge in [0.25, 0.3) is 0 Å². The van der Waals surface area contributed by atoms with Gasteiger partial charge in [0.2, 0.25) is 0 Å². The molecular weight excluding hydrogens is 358 g/mol. The Morgan fingerprint density at radius 1 is 1.11 bits per heavy atom. The number of hydrogen-bond donors (Lipinski definition) is 2. The molecule has 2 aromatic carbocycles. The van der Waals surface area contributed by atoms with Gasteiger partial charge in [0, 0.05) is 26.2 Å². The van der Waals surface area contributed by atoms with Gasteiger partial charge in [0.05, 0.1) is 25.5 Å². The molecule has 28 heavy (non-hydrogen) atoms. The highest BCUT2D eigenvalue weighted by atomic mass is 16.5. The van der Waals surface area contributed by atoms with E-state index in [-0.39, 0.29) is 6.10 Å². The van der Waals surface area contributed by atoms with E-state index < -0.39 is 11.8 Å². The predicted octanol–water partition coefficient (Wildman–Crippen LogP) is 1.82. The molecular formula is C21H25N3O4. The maximum absolute atomic E-state index is 12.1. The van der Waals surface area contributed by atoms with E-state index >= 15 is 0 Å². The lowest BCUT2D eigenvalue weighted by Gasteiger charge is -2.33. The number of rotatable bonds is 6. The molecule has 2 aromatic rings. The molecule has 0 aliphatic carbocycles. The largest absolute Gasteiger partial charge is 0.495 e. The minimum absolute atomic E-state index is 0.0273. The van der Waals surface area contributed by atoms with Crippen LogP contribution in [0.4, 0.5) is 5.69 Å². The van der Waals surface area contributed by atoms with Crippen molar-refractivity contribution in [3.05, 3.63) is 60.2 Å². The molecule has 148 valence electrons. The number of para-hydroxylation sites is 2. The number of morpholine rings is 1. The Balaban J connectivity index is 1.44. The first-order valence-electron chi connectivity index (χ1n) is 9.28. The molecule has 3 rings (SSSR count). The third-order valence-electron chi connectivity index (χ3n) is 4.60. The van der Waals surface area contributed by atoms with Crippen LogP contribution in [0.15, 0.2) is 54.6 Å². The zero-order chi connectivity index (χ0) is 19.8. The highest BCUT2D eigenvalue weighted by Crippen LogP contribution is 2.23. The Labute approximate surface area is 164 Å². The Morgan fingerprint density at radius 2 is 1.86 bits per heavy atom. The zero-order valence-electron chi connectivity index (χ0n) is 15.9. The van der Waals surface area contributed by atoms with E-state index in [1.807, 2.05) is 18.2 Å². The molecule has 0 radical (unpaired) electrons. The molecule has 0 unspecified atom stereocenters. The number of carbonyl (C=O) groups excluding carboxylic acids is 2. The van der Waals surface area contributed by atoms with Crippen LogP contribution in [0.2, 0.25) is 0 Å². The Hall–Kier alpha value is -2.90. The molecule has 0 spiro atoms. The monoisotopic (exact) mass is 383 g/mol. The molecule has 1 heterocycles. The van der Waals surface area contributed by atoms with Crippen LogP contribution < -0.4 is 15.4 Å². The summed E-state index contributed by atoms with van der Waals surface area (Å²) in [5.41, 5.74) is 1.61. The minimum Gasteiger partial charge on any atom is -0.495 e. The van der Waals surface area contributed by atoms with Crippen LogP contribution in [0.25, 0.3) is 0 Å². The number of methoxy groups -OCH3 is 1. The van der Waals surface area contributed by atoms with Crippen LogP contribution in [-0.2, 0) is 14.3 Å². The maximum Gasteiger partial charge on any atom is 0.313 e. The van der Waals surface area contributed by atoms with Crippen molar-refractivity contribution in [3.8, 4) is 5.75 Å². The fourth-order valence-corrected chi connectivity index (χ4v) is 3.11. The second kappa shape index (κ2) is 9.87. The van der Waals surface area contributed by atoms with Crippen LogP contribution in [0.3, 0.4) is 0 Å². The number of amides is 2. The Morgan fingerprint density at radius 3 is 2.64 bits per heavy atom. The second-order valence-corrected chi connectivity index (χ2v) is 6.48. The fourth-order valence-electron chi connectivity index (χ4n) is 3.11. The molecule has 0 saturated carbocycles. The summed E-state index contributed by atoms with van der Waals surface area (Å²) in [6.45, 7) is 3.24. The zero-order valence-corrected chi connectivity index (χ0v) is 15.9. The van der Waals surface area contributed by atoms with E-state index in [0.29, 0.717) is 31.1 Å². The van der Waals surface area contributed by atoms with Crippen LogP contribution in [0, 0.1) is 0 Å². The van der Waals surface area contributed by atoms with Gasteiger partial charge in [0.1, 0.15) is 5.75 Å². The molecule has 1 saturated heterocycles. The Kier molecular flexibility index (Phi) is 7.00. The van der Waals surface area contributed by atoms with E-state index in [1.54, 1.807) is 24.3 Å². The van der Waals surface area contributed by atoms with Crippen molar-refractivity contribution in [2.24, 2.45) is 0 Å². The Bertz CT molecular complexity index is 797. The van der Waals surface area contributed by atoms with Gasteiger partial charge in [-0.1, -0.05) is 42.5 Å². The molecule has 1 aliphatic heterocycles. The lowest BCUT2D eigenvalue weighted by atomic mass is 10.1. The van der Waals surface area contributed by atoms with Gasteiger partial charge in [-0.25, -0.2) is 0 Å². The highest BCUT2D eigenvalue weighted by molar-refractivity contribution is 6.39. The van der Waals surface area contributed by atoms with Crippen molar-refractivity contribution in [1.29, 1.82) is 0 Å². The van der Waals surface area contributed by atoms with Gasteiger partial charge < -0.3 is 20.1 Å². The summed E-state index contributed by atoms with van der Waals surface area (Å²) >= 11 is 0. The molecule has 0 aromatic heterocycles. The number of benzene rings is 2. The number of hydrogen-bond acceptors (Lipinski definition) is 5. The molecule has 7 heteroatoms. The molecule has 1 atom stereocenters. The summed E-state index contributed by atoms with van der Waals surface area (Å²) in [6, 6.07) is 17.0. The van der Waals surface area contributed by atoms with Crippen LogP contribution >= 0.6 is 0 Å². The quantitative estimate of drug-likeness (QED) is 0.744. The summed E-state index contributed by atoms with van der Waals surface area (Å²) < 4.78 is 11.0. The number of anilines is 1. The number of nitrogens with one attached hydrogen (secondary N) is 2. The third-order valence-corrected chi connectivity index (χ3v) is 4.60. The van der Waals surface area contributed by atoms with Crippen molar-refractivity contribution in [1.82, 2.24) is 10.2 Å². The van der Waals surface area contributed by atoms with Crippen molar-refractivity contribution in [2.75, 3.05) is 45.2 Å². The minimum atomic E-state index is -0.714. The standard InChI is InChI=1S/C21H25N3O4/c1-27-18-10-6-5-9-17(18)23-21(26)20(25)22-11-12-24-13-14-28-19(15-24)16-7-3-2-4-8-16/h2-10,19H,11-15H2,1H3,(H,22,25)(H,23,26)/t19-/m1/s1.